The van der Waals surface area contributed by atoms with Gasteiger partial charge in [0.25, 0.3) is 0 Å². The molecule has 3 saturated heterocycles. The molecule has 3 aliphatic heterocycles. The van der Waals surface area contributed by atoms with Crippen molar-refractivity contribution < 1.29 is 58.7 Å². The van der Waals surface area contributed by atoms with Crippen molar-refractivity contribution in [3.63, 3.8) is 0 Å². The number of rotatable bonds is 8. The highest BCUT2D eigenvalue weighted by atomic mass is 16.7. The van der Waals surface area contributed by atoms with Crippen LogP contribution >= 0.6 is 0 Å². The lowest BCUT2D eigenvalue weighted by molar-refractivity contribution is -0.318. The molecular weight excluding hydrogens is 674 g/mol. The van der Waals surface area contributed by atoms with Gasteiger partial charge in [0, 0.05) is 31.5 Å². The molecule has 0 radical (unpaired) electrons. The molecule has 13 heteroatoms. The molecule has 5 N–H and O–H groups in total. The van der Waals surface area contributed by atoms with E-state index in [1.165, 1.54) is 14.0 Å². The fourth-order valence-corrected chi connectivity index (χ4v) is 8.98. The van der Waals surface area contributed by atoms with Gasteiger partial charge in [0.1, 0.15) is 23.9 Å². The smallest absolute Gasteiger partial charge is 0.311 e. The van der Waals surface area contributed by atoms with Gasteiger partial charge in [-0.3, -0.25) is 9.69 Å². The Hall–Kier alpha value is -0.970. The van der Waals surface area contributed by atoms with Crippen molar-refractivity contribution in [3.05, 3.63) is 0 Å². The number of likely N-dealkylation sites (N-methyl/N-ethyl adjacent to an activating group) is 1. The van der Waals surface area contributed by atoms with Crippen LogP contribution in [-0.4, -0.2) is 141 Å². The van der Waals surface area contributed by atoms with Crippen molar-refractivity contribution in [2.75, 3.05) is 14.2 Å². The second-order valence-corrected chi connectivity index (χ2v) is 17.5. The van der Waals surface area contributed by atoms with Crippen LogP contribution in [-0.2, 0) is 33.2 Å². The number of carbonyl (C=O) groups excluding carboxylic acids is 1. The van der Waals surface area contributed by atoms with E-state index in [1.54, 1.807) is 34.6 Å². The second kappa shape index (κ2) is 17.9. The number of cyclic esters (lactones) is 1. The monoisotopic (exact) mass is 748 g/mol. The first kappa shape index (κ1) is 45.4. The van der Waals surface area contributed by atoms with Gasteiger partial charge in [0.05, 0.1) is 47.6 Å². The first-order valence-corrected chi connectivity index (χ1v) is 19.5. The van der Waals surface area contributed by atoms with E-state index >= 15 is 0 Å². The minimum absolute atomic E-state index is 0.139. The molecule has 18 atom stereocenters. The number of esters is 1. The van der Waals surface area contributed by atoms with Crippen LogP contribution in [0.15, 0.2) is 0 Å². The van der Waals surface area contributed by atoms with E-state index in [4.69, 9.17) is 28.4 Å². The Bertz CT molecular complexity index is 1140. The molecule has 52 heavy (non-hydrogen) atoms. The average molecular weight is 748 g/mol. The van der Waals surface area contributed by atoms with E-state index in [9.17, 15) is 30.3 Å². The molecule has 0 bridgehead atoms. The Balaban J connectivity index is 2.15. The van der Waals surface area contributed by atoms with Crippen molar-refractivity contribution in [3.8, 4) is 0 Å². The van der Waals surface area contributed by atoms with Gasteiger partial charge in [0.15, 0.2) is 12.6 Å². The van der Waals surface area contributed by atoms with Crippen molar-refractivity contribution >= 4 is 5.97 Å². The van der Waals surface area contributed by atoms with Crippen LogP contribution in [0.2, 0.25) is 0 Å². The van der Waals surface area contributed by atoms with E-state index in [0.29, 0.717) is 12.8 Å². The summed E-state index contributed by atoms with van der Waals surface area (Å²) in [6, 6.07) is -0.129. The lowest BCUT2D eigenvalue weighted by atomic mass is 9.74. The molecule has 3 fully saturated rings. The van der Waals surface area contributed by atoms with Gasteiger partial charge >= 0.3 is 5.97 Å². The number of aliphatic hydroxyl groups excluding tert-OH is 3. The number of carbonyl (C=O) groups is 1. The Morgan fingerprint density at radius 3 is 2.10 bits per heavy atom. The molecule has 3 rings (SSSR count). The molecule has 306 valence electrons. The van der Waals surface area contributed by atoms with E-state index in [2.05, 4.69) is 18.7 Å². The highest BCUT2D eigenvalue weighted by Crippen LogP contribution is 2.41. The van der Waals surface area contributed by atoms with Gasteiger partial charge in [-0.2, -0.15) is 0 Å². The average Bonchev–Trinajstić information content (AvgIpc) is 3.05. The van der Waals surface area contributed by atoms with Crippen LogP contribution in [0, 0.1) is 23.7 Å². The first-order chi connectivity index (χ1) is 23.9. The van der Waals surface area contributed by atoms with Crippen molar-refractivity contribution in [1.29, 1.82) is 0 Å². The lowest BCUT2D eigenvalue weighted by Crippen LogP contribution is -2.61. The van der Waals surface area contributed by atoms with Crippen LogP contribution in [0.5, 0.6) is 0 Å². The zero-order valence-electron chi connectivity index (χ0n) is 34.3. The van der Waals surface area contributed by atoms with Gasteiger partial charge < -0.3 is 54.0 Å². The quantitative estimate of drug-likeness (QED) is 0.229. The fourth-order valence-electron chi connectivity index (χ4n) is 8.98. The molecule has 0 aromatic heterocycles. The van der Waals surface area contributed by atoms with Crippen LogP contribution in [0.1, 0.15) is 115 Å². The van der Waals surface area contributed by atoms with E-state index in [-0.39, 0.29) is 43.4 Å². The van der Waals surface area contributed by atoms with E-state index < -0.39 is 95.8 Å². The fraction of sp³-hybridized carbons (Fsp3) is 0.974. The number of hydrogen-bond donors (Lipinski definition) is 5. The molecule has 13 nitrogen and oxygen atoms in total. The van der Waals surface area contributed by atoms with E-state index in [0.717, 1.165) is 0 Å². The summed E-state index contributed by atoms with van der Waals surface area (Å²) in [7, 11) is 3.47. The number of ether oxygens (including phenoxy) is 6. The van der Waals surface area contributed by atoms with Crippen LogP contribution in [0.25, 0.3) is 0 Å². The summed E-state index contributed by atoms with van der Waals surface area (Å²) in [4.78, 5) is 16.2. The molecule has 0 unspecified atom stereocenters. The topological polar surface area (TPSA) is 177 Å². The molecule has 0 saturated carbocycles. The maximum atomic E-state index is 14.1. The third kappa shape index (κ3) is 10.1. The SMILES string of the molecule is CC[C@H]1OC(=O)[C@H](C)[C@@H](O[C@H]2C[C@@](C)(OC)[C@@H](O)[C@H](C)O2)[C@H](C)[C@@H](O[C@@H]2O[C@H](C)C[C@H](N(C)C(C)C)[C@H]2O)[C@](C)(O)C[C@@H](C)C[C@H](C)[C@@H](O)[C@]1(C)O. The minimum atomic E-state index is -1.76. The van der Waals surface area contributed by atoms with E-state index in [1.807, 2.05) is 34.7 Å². The predicted molar refractivity (Wildman–Crippen MR) is 195 cm³/mol. The highest BCUT2D eigenvalue weighted by molar-refractivity contribution is 5.73. The van der Waals surface area contributed by atoms with Gasteiger partial charge in [0.2, 0.25) is 0 Å². The zero-order chi connectivity index (χ0) is 39.7. The Labute approximate surface area is 312 Å². The normalized spacial score (nSPS) is 49.1. The van der Waals surface area contributed by atoms with Gasteiger partial charge in [-0.1, -0.05) is 27.7 Å². The van der Waals surface area contributed by atoms with Crippen molar-refractivity contribution in [2.24, 2.45) is 23.7 Å². The number of nitrogens with zero attached hydrogens (tertiary/aromatic N) is 1. The van der Waals surface area contributed by atoms with Crippen molar-refractivity contribution in [2.45, 2.75) is 205 Å². The van der Waals surface area contributed by atoms with Crippen LogP contribution in [0.4, 0.5) is 0 Å². The van der Waals surface area contributed by atoms with Crippen LogP contribution in [0.3, 0.4) is 0 Å². The highest BCUT2D eigenvalue weighted by Gasteiger charge is 2.53. The molecule has 0 amide bonds. The largest absolute Gasteiger partial charge is 0.459 e. The number of hydrogen-bond acceptors (Lipinski definition) is 13. The zero-order valence-corrected chi connectivity index (χ0v) is 34.3. The summed E-state index contributed by atoms with van der Waals surface area (Å²) in [5.74, 6) is -2.96. The maximum Gasteiger partial charge on any atom is 0.311 e. The Morgan fingerprint density at radius 1 is 0.923 bits per heavy atom. The lowest BCUT2D eigenvalue weighted by Gasteiger charge is -2.49. The van der Waals surface area contributed by atoms with Gasteiger partial charge in [-0.25, -0.2) is 0 Å². The van der Waals surface area contributed by atoms with Crippen LogP contribution < -0.4 is 0 Å². The molecule has 3 aliphatic rings. The molecule has 0 spiro atoms. The Kier molecular flexibility index (Phi) is 15.6. The van der Waals surface area contributed by atoms with Gasteiger partial charge in [-0.15, -0.1) is 0 Å². The molecular formula is C39H73NO12. The standard InChI is InChI=1S/C39H73NO12/c1-15-28-39(12,46)32(42)22(5)16-21(4)18-37(10,45)34(52-36-30(41)27(17-23(6)48-36)40(13)20(2)3)24(7)31(25(8)35(44)50-28)51-29-19-38(11,47-14)33(43)26(9)49-29/h20-34,36,41-43,45-46H,15-19H2,1-14H3/t21-,22-,23+,24-,25+,26-,27-,28+,29-,30+,31-,32+,33-,34+,36-,37+,38+,39+/m0/s1. The first-order valence-electron chi connectivity index (χ1n) is 19.5. The molecule has 0 aromatic carbocycles. The maximum absolute atomic E-state index is 14.1. The number of methoxy groups -OCH3 is 1. The summed E-state index contributed by atoms with van der Waals surface area (Å²) >= 11 is 0. The third-order valence-electron chi connectivity index (χ3n) is 12.4. The molecule has 3 heterocycles. The summed E-state index contributed by atoms with van der Waals surface area (Å²) < 4.78 is 37.6. The van der Waals surface area contributed by atoms with Gasteiger partial charge in [-0.05, 0) is 100.0 Å². The summed E-state index contributed by atoms with van der Waals surface area (Å²) in [5, 5.41) is 58.2. The second-order valence-electron chi connectivity index (χ2n) is 17.5. The molecule has 0 aromatic rings. The summed E-state index contributed by atoms with van der Waals surface area (Å²) in [6.45, 7) is 21.8. The molecule has 0 aliphatic carbocycles. The summed E-state index contributed by atoms with van der Waals surface area (Å²) in [5.41, 5.74) is -4.33. The Morgan fingerprint density at radius 2 is 1.54 bits per heavy atom. The summed E-state index contributed by atoms with van der Waals surface area (Å²) in [6.07, 6.45) is -7.60. The number of aliphatic hydroxyl groups is 5. The predicted octanol–water partition coefficient (Wildman–Crippen LogP) is 3.39. The van der Waals surface area contributed by atoms with Crippen molar-refractivity contribution in [1.82, 2.24) is 4.90 Å². The minimum Gasteiger partial charge on any atom is -0.459 e. The third-order valence-corrected chi connectivity index (χ3v) is 12.4.